The van der Waals surface area contributed by atoms with E-state index in [2.05, 4.69) is 41.3 Å². The van der Waals surface area contributed by atoms with Gasteiger partial charge in [-0.1, -0.05) is 17.8 Å². The predicted molar refractivity (Wildman–Crippen MR) is 120 cm³/mol. The summed E-state index contributed by atoms with van der Waals surface area (Å²) in [6, 6.07) is 7.33. The molecule has 1 aromatic carbocycles. The third kappa shape index (κ3) is 5.07. The summed E-state index contributed by atoms with van der Waals surface area (Å²) < 4.78 is 7.41. The Morgan fingerprint density at radius 2 is 2.07 bits per heavy atom. The fourth-order valence-electron chi connectivity index (χ4n) is 2.75. The molecule has 0 radical (unpaired) electrons. The second kappa shape index (κ2) is 9.76. The van der Waals surface area contributed by atoms with Gasteiger partial charge in [0.2, 0.25) is 5.91 Å². The number of allylic oxidation sites excluding steroid dienone is 1. The van der Waals surface area contributed by atoms with Crippen molar-refractivity contribution in [2.75, 3.05) is 17.7 Å². The lowest BCUT2D eigenvalue weighted by atomic mass is 10.1. The number of ether oxygens (including phenoxy) is 1. The molecule has 152 valence electrons. The smallest absolute Gasteiger partial charge is 0.234 e. The number of hydrogen-bond donors (Lipinski definition) is 1. The Hall–Kier alpha value is -2.58. The molecule has 2 heterocycles. The number of benzene rings is 1. The van der Waals surface area contributed by atoms with Crippen molar-refractivity contribution in [3.63, 3.8) is 0 Å². The maximum Gasteiger partial charge on any atom is 0.234 e. The third-order valence-corrected chi connectivity index (χ3v) is 6.32. The fraction of sp³-hybridized carbons (Fsp3) is 0.286. The quantitative estimate of drug-likeness (QED) is 0.386. The first-order valence-corrected chi connectivity index (χ1v) is 11.1. The van der Waals surface area contributed by atoms with Crippen LogP contribution in [0, 0.1) is 13.8 Å². The van der Waals surface area contributed by atoms with E-state index in [-0.39, 0.29) is 11.7 Å². The van der Waals surface area contributed by atoms with E-state index >= 15 is 0 Å². The summed E-state index contributed by atoms with van der Waals surface area (Å²) >= 11 is 3.06. The van der Waals surface area contributed by atoms with Crippen molar-refractivity contribution in [1.29, 1.82) is 0 Å². The van der Waals surface area contributed by atoms with E-state index in [0.29, 0.717) is 18.3 Å². The van der Waals surface area contributed by atoms with Crippen molar-refractivity contribution < 1.29 is 9.53 Å². The molecule has 3 aromatic rings. The zero-order chi connectivity index (χ0) is 20.8. The van der Waals surface area contributed by atoms with Gasteiger partial charge in [0.05, 0.1) is 12.4 Å². The summed E-state index contributed by atoms with van der Waals surface area (Å²) in [5.74, 6) is 1.73. The maximum absolute atomic E-state index is 12.4. The number of carbonyl (C=O) groups is 1. The van der Waals surface area contributed by atoms with Gasteiger partial charge < -0.3 is 10.1 Å². The van der Waals surface area contributed by atoms with E-state index in [1.54, 1.807) is 11.3 Å². The summed E-state index contributed by atoms with van der Waals surface area (Å²) in [5, 5.41) is 14.4. The van der Waals surface area contributed by atoms with Crippen LogP contribution >= 0.6 is 23.1 Å². The minimum atomic E-state index is -0.101. The lowest BCUT2D eigenvalue weighted by Crippen LogP contribution is -2.14. The van der Waals surface area contributed by atoms with Gasteiger partial charge in [0.1, 0.15) is 5.75 Å². The highest BCUT2D eigenvalue weighted by molar-refractivity contribution is 7.99. The Balaban J connectivity index is 1.67. The highest BCUT2D eigenvalue weighted by Crippen LogP contribution is 2.31. The molecule has 0 saturated carbocycles. The number of hydrogen-bond acceptors (Lipinski definition) is 6. The lowest BCUT2D eigenvalue weighted by Gasteiger charge is -2.09. The molecule has 2 aromatic heterocycles. The SMILES string of the molecule is C=CCn1c(SCC(=O)Nc2ccc(OCC)cc2)nnc1-c1csc(C)c1C. The Labute approximate surface area is 179 Å². The number of nitrogens with one attached hydrogen (secondary N) is 1. The first-order valence-electron chi connectivity index (χ1n) is 9.28. The van der Waals surface area contributed by atoms with E-state index < -0.39 is 0 Å². The molecule has 0 unspecified atom stereocenters. The number of thiophene rings is 1. The van der Waals surface area contributed by atoms with E-state index in [9.17, 15) is 4.79 Å². The molecule has 0 aliphatic heterocycles. The molecule has 0 aliphatic rings. The van der Waals surface area contributed by atoms with Crippen LogP contribution in [0.2, 0.25) is 0 Å². The standard InChI is InChI=1S/C21H24N4O2S2/c1-5-11-25-20(18-12-28-15(4)14(18)3)23-24-21(25)29-13-19(26)22-16-7-9-17(10-8-16)27-6-2/h5,7-10,12H,1,6,11,13H2,2-4H3,(H,22,26). The molecular formula is C21H24N4O2S2. The first-order chi connectivity index (χ1) is 14.0. The Bertz CT molecular complexity index is 993. The molecule has 6 nitrogen and oxygen atoms in total. The summed E-state index contributed by atoms with van der Waals surface area (Å²) in [5.41, 5.74) is 3.02. The van der Waals surface area contributed by atoms with Gasteiger partial charge in [0, 0.05) is 28.1 Å². The number of anilines is 1. The van der Waals surface area contributed by atoms with Crippen LogP contribution in [0.3, 0.4) is 0 Å². The van der Waals surface area contributed by atoms with Gasteiger partial charge in [-0.3, -0.25) is 9.36 Å². The van der Waals surface area contributed by atoms with Gasteiger partial charge in [-0.05, 0) is 50.6 Å². The van der Waals surface area contributed by atoms with Crippen LogP contribution in [0.5, 0.6) is 5.75 Å². The largest absolute Gasteiger partial charge is 0.494 e. The molecule has 0 spiro atoms. The number of nitrogens with zero attached hydrogens (tertiary/aromatic N) is 3. The fourth-order valence-corrected chi connectivity index (χ4v) is 4.36. The highest BCUT2D eigenvalue weighted by Gasteiger charge is 2.18. The van der Waals surface area contributed by atoms with Crippen molar-refractivity contribution in [2.24, 2.45) is 0 Å². The van der Waals surface area contributed by atoms with Gasteiger partial charge in [-0.25, -0.2) is 0 Å². The highest BCUT2D eigenvalue weighted by atomic mass is 32.2. The molecule has 1 amide bonds. The predicted octanol–water partition coefficient (Wildman–Crippen LogP) is 4.94. The van der Waals surface area contributed by atoms with Crippen LogP contribution in [-0.2, 0) is 11.3 Å². The third-order valence-electron chi connectivity index (χ3n) is 4.34. The maximum atomic E-state index is 12.4. The molecule has 3 rings (SSSR count). The van der Waals surface area contributed by atoms with E-state index in [4.69, 9.17) is 4.74 Å². The Morgan fingerprint density at radius 1 is 1.31 bits per heavy atom. The number of carbonyl (C=O) groups excluding carboxylic acids is 1. The monoisotopic (exact) mass is 428 g/mol. The second-order valence-electron chi connectivity index (χ2n) is 6.33. The first kappa shape index (κ1) is 21.1. The average molecular weight is 429 g/mol. The zero-order valence-corrected chi connectivity index (χ0v) is 18.4. The van der Waals surface area contributed by atoms with Gasteiger partial charge in [0.15, 0.2) is 11.0 Å². The van der Waals surface area contributed by atoms with E-state index in [0.717, 1.165) is 22.8 Å². The van der Waals surface area contributed by atoms with Gasteiger partial charge in [-0.2, -0.15) is 0 Å². The van der Waals surface area contributed by atoms with E-state index in [1.807, 2.05) is 41.8 Å². The Morgan fingerprint density at radius 3 is 2.69 bits per heavy atom. The topological polar surface area (TPSA) is 69.0 Å². The van der Waals surface area contributed by atoms with Crippen LogP contribution in [0.15, 0.2) is 47.5 Å². The summed E-state index contributed by atoms with van der Waals surface area (Å²) in [7, 11) is 0. The van der Waals surface area contributed by atoms with Gasteiger partial charge in [-0.15, -0.1) is 28.1 Å². The van der Waals surface area contributed by atoms with Crippen molar-refractivity contribution in [1.82, 2.24) is 14.8 Å². The molecular weight excluding hydrogens is 404 g/mol. The number of rotatable bonds is 9. The van der Waals surface area contributed by atoms with Crippen molar-refractivity contribution >= 4 is 34.7 Å². The summed E-state index contributed by atoms with van der Waals surface area (Å²) in [4.78, 5) is 13.6. The van der Waals surface area contributed by atoms with Crippen LogP contribution in [-0.4, -0.2) is 33.0 Å². The minimum Gasteiger partial charge on any atom is -0.494 e. The van der Waals surface area contributed by atoms with Crippen molar-refractivity contribution in [2.45, 2.75) is 32.5 Å². The van der Waals surface area contributed by atoms with Gasteiger partial charge in [0.25, 0.3) is 0 Å². The van der Waals surface area contributed by atoms with Crippen molar-refractivity contribution in [3.8, 4) is 17.1 Å². The zero-order valence-electron chi connectivity index (χ0n) is 16.8. The van der Waals surface area contributed by atoms with Gasteiger partial charge >= 0.3 is 0 Å². The summed E-state index contributed by atoms with van der Waals surface area (Å²) in [6.45, 7) is 11.2. The Kier molecular flexibility index (Phi) is 7.11. The number of aryl methyl sites for hydroxylation is 1. The van der Waals surface area contributed by atoms with Crippen LogP contribution in [0.4, 0.5) is 5.69 Å². The van der Waals surface area contributed by atoms with Crippen LogP contribution in [0.1, 0.15) is 17.4 Å². The minimum absolute atomic E-state index is 0.101. The molecule has 8 heteroatoms. The van der Waals surface area contributed by atoms with Crippen LogP contribution in [0.25, 0.3) is 11.4 Å². The van der Waals surface area contributed by atoms with Crippen LogP contribution < -0.4 is 10.1 Å². The van der Waals surface area contributed by atoms with Crippen molar-refractivity contribution in [3.05, 3.63) is 52.7 Å². The number of aromatic nitrogens is 3. The molecule has 0 aliphatic carbocycles. The molecule has 0 saturated heterocycles. The molecule has 1 N–H and O–H groups in total. The second-order valence-corrected chi connectivity index (χ2v) is 8.36. The summed E-state index contributed by atoms with van der Waals surface area (Å²) in [6.07, 6.45) is 1.81. The lowest BCUT2D eigenvalue weighted by molar-refractivity contribution is -0.113. The molecule has 29 heavy (non-hydrogen) atoms. The number of thioether (sulfide) groups is 1. The number of amides is 1. The molecule has 0 fully saturated rings. The molecule has 0 atom stereocenters. The normalized spacial score (nSPS) is 10.7. The average Bonchev–Trinajstić information content (AvgIpc) is 3.25. The molecule has 0 bridgehead atoms. The van der Waals surface area contributed by atoms with E-state index in [1.165, 1.54) is 22.2 Å².